The van der Waals surface area contributed by atoms with E-state index < -0.39 is 41.6 Å². The van der Waals surface area contributed by atoms with Crippen LogP contribution in [0.4, 0.5) is 17.6 Å². The van der Waals surface area contributed by atoms with Crippen molar-refractivity contribution >= 4 is 5.97 Å². The van der Waals surface area contributed by atoms with Gasteiger partial charge in [0.25, 0.3) is 0 Å². The van der Waals surface area contributed by atoms with Gasteiger partial charge in [0.15, 0.2) is 24.0 Å². The molecule has 0 fully saturated rings. The van der Waals surface area contributed by atoms with Crippen LogP contribution in [-0.4, -0.2) is 17.7 Å². The topological polar surface area (TPSA) is 46.5 Å². The molecule has 0 aliphatic heterocycles. The lowest BCUT2D eigenvalue weighted by Crippen LogP contribution is -2.12. The van der Waals surface area contributed by atoms with Crippen LogP contribution in [0.5, 0.6) is 5.75 Å². The van der Waals surface area contributed by atoms with Gasteiger partial charge in [-0.25, -0.2) is 13.6 Å². The molecule has 0 aromatic heterocycles. The Bertz CT molecular complexity index is 379. The number of rotatable bonds is 3. The van der Waals surface area contributed by atoms with Crippen molar-refractivity contribution in [1.29, 1.82) is 0 Å². The van der Waals surface area contributed by atoms with Crippen LogP contribution < -0.4 is 4.74 Å². The largest absolute Gasteiger partial charge is 0.479 e. The van der Waals surface area contributed by atoms with E-state index in [1.165, 1.54) is 0 Å². The van der Waals surface area contributed by atoms with Crippen molar-refractivity contribution < 1.29 is 32.2 Å². The fourth-order valence-electron chi connectivity index (χ4n) is 0.812. The van der Waals surface area contributed by atoms with Crippen LogP contribution >= 0.6 is 0 Å². The summed E-state index contributed by atoms with van der Waals surface area (Å²) in [5.74, 6) is -9.76. The lowest BCUT2D eigenvalue weighted by molar-refractivity contribution is -0.139. The van der Waals surface area contributed by atoms with E-state index >= 15 is 0 Å². The van der Waals surface area contributed by atoms with Crippen LogP contribution in [0.25, 0.3) is 0 Å². The van der Waals surface area contributed by atoms with Gasteiger partial charge in [0.2, 0.25) is 11.6 Å². The van der Waals surface area contributed by atoms with Crippen molar-refractivity contribution in [3.63, 3.8) is 0 Å². The van der Waals surface area contributed by atoms with Gasteiger partial charge in [0, 0.05) is 6.07 Å². The third kappa shape index (κ3) is 2.36. The standard InChI is InChI=1S/C8H4F4O3/c9-3-1-4(10)7(12)8(6(3)11)15-2-5(13)14/h1H,2H2,(H,13,14). The zero-order valence-electron chi connectivity index (χ0n) is 7.06. The summed E-state index contributed by atoms with van der Waals surface area (Å²) in [6, 6.07) is -0.00169. The van der Waals surface area contributed by atoms with E-state index in [4.69, 9.17) is 5.11 Å². The summed E-state index contributed by atoms with van der Waals surface area (Å²) < 4.78 is 54.7. The van der Waals surface area contributed by atoms with E-state index in [9.17, 15) is 22.4 Å². The fraction of sp³-hybridized carbons (Fsp3) is 0.125. The highest BCUT2D eigenvalue weighted by molar-refractivity contribution is 5.68. The Morgan fingerprint density at radius 1 is 1.20 bits per heavy atom. The molecule has 0 atom stereocenters. The predicted molar refractivity (Wildman–Crippen MR) is 39.4 cm³/mol. The average molecular weight is 224 g/mol. The van der Waals surface area contributed by atoms with Crippen LogP contribution in [0.15, 0.2) is 6.07 Å². The maximum Gasteiger partial charge on any atom is 0.341 e. The molecule has 1 N–H and O–H groups in total. The maximum absolute atomic E-state index is 12.8. The van der Waals surface area contributed by atoms with Gasteiger partial charge in [-0.2, -0.15) is 8.78 Å². The van der Waals surface area contributed by atoms with Gasteiger partial charge < -0.3 is 9.84 Å². The molecule has 82 valence electrons. The van der Waals surface area contributed by atoms with Crippen molar-refractivity contribution in [2.24, 2.45) is 0 Å². The summed E-state index contributed by atoms with van der Waals surface area (Å²) >= 11 is 0. The van der Waals surface area contributed by atoms with Crippen molar-refractivity contribution in [2.45, 2.75) is 0 Å². The second-order valence-electron chi connectivity index (χ2n) is 2.48. The smallest absolute Gasteiger partial charge is 0.341 e. The molecule has 0 saturated carbocycles. The summed E-state index contributed by atoms with van der Waals surface area (Å²) in [5.41, 5.74) is 0. The van der Waals surface area contributed by atoms with E-state index in [0.29, 0.717) is 0 Å². The number of aliphatic carboxylic acids is 1. The van der Waals surface area contributed by atoms with Crippen LogP contribution in [0.2, 0.25) is 0 Å². The molecule has 0 heterocycles. The molecule has 0 amide bonds. The number of hydrogen-bond acceptors (Lipinski definition) is 2. The van der Waals surface area contributed by atoms with Gasteiger partial charge in [0.1, 0.15) is 0 Å². The van der Waals surface area contributed by atoms with Gasteiger partial charge in [-0.05, 0) is 0 Å². The summed E-state index contributed by atoms with van der Waals surface area (Å²) in [7, 11) is 0. The SMILES string of the molecule is O=C(O)COc1c(F)c(F)cc(F)c1F. The lowest BCUT2D eigenvalue weighted by Gasteiger charge is -2.06. The number of ether oxygens (including phenoxy) is 1. The Balaban J connectivity index is 3.09. The molecule has 3 nitrogen and oxygen atoms in total. The van der Waals surface area contributed by atoms with E-state index in [1.807, 2.05) is 0 Å². The van der Waals surface area contributed by atoms with Gasteiger partial charge >= 0.3 is 5.97 Å². The van der Waals surface area contributed by atoms with E-state index in [0.717, 1.165) is 0 Å². The number of halogens is 4. The fourth-order valence-corrected chi connectivity index (χ4v) is 0.812. The zero-order chi connectivity index (χ0) is 11.6. The molecule has 0 aliphatic carbocycles. The monoisotopic (exact) mass is 224 g/mol. The van der Waals surface area contributed by atoms with Crippen LogP contribution in [0.3, 0.4) is 0 Å². The molecular weight excluding hydrogens is 220 g/mol. The van der Waals surface area contributed by atoms with Gasteiger partial charge in [0.05, 0.1) is 0 Å². The first-order valence-corrected chi connectivity index (χ1v) is 3.61. The van der Waals surface area contributed by atoms with Crippen LogP contribution in [0, 0.1) is 23.3 Å². The molecule has 0 bridgehead atoms. The summed E-state index contributed by atoms with van der Waals surface area (Å²) in [6.07, 6.45) is 0. The molecule has 1 rings (SSSR count). The Labute approximate surface area is 80.9 Å². The molecule has 0 radical (unpaired) electrons. The van der Waals surface area contributed by atoms with Crippen molar-refractivity contribution in [3.8, 4) is 5.75 Å². The number of carboxylic acid groups (broad SMARTS) is 1. The highest BCUT2D eigenvalue weighted by Gasteiger charge is 2.21. The molecule has 0 saturated heterocycles. The molecule has 0 aliphatic rings. The number of carbonyl (C=O) groups is 1. The summed E-state index contributed by atoms with van der Waals surface area (Å²) in [5, 5.41) is 8.14. The Kier molecular flexibility index (Phi) is 3.13. The Hall–Kier alpha value is -1.79. The van der Waals surface area contributed by atoms with Gasteiger partial charge in [-0.15, -0.1) is 0 Å². The maximum atomic E-state index is 12.8. The molecule has 1 aromatic rings. The lowest BCUT2D eigenvalue weighted by atomic mass is 10.3. The second kappa shape index (κ2) is 4.16. The third-order valence-corrected chi connectivity index (χ3v) is 1.41. The van der Waals surface area contributed by atoms with E-state index in [-0.39, 0.29) is 6.07 Å². The third-order valence-electron chi connectivity index (χ3n) is 1.41. The van der Waals surface area contributed by atoms with Crippen molar-refractivity contribution in [2.75, 3.05) is 6.61 Å². The predicted octanol–water partition coefficient (Wildman–Crippen LogP) is 1.71. The summed E-state index contributed by atoms with van der Waals surface area (Å²) in [4.78, 5) is 10.0. The molecule has 0 unspecified atom stereocenters. The zero-order valence-corrected chi connectivity index (χ0v) is 7.06. The van der Waals surface area contributed by atoms with Crippen molar-refractivity contribution in [1.82, 2.24) is 0 Å². The second-order valence-corrected chi connectivity index (χ2v) is 2.48. The molecular formula is C8H4F4O3. The summed E-state index contributed by atoms with van der Waals surface area (Å²) in [6.45, 7) is -1.10. The first-order valence-electron chi connectivity index (χ1n) is 3.61. The van der Waals surface area contributed by atoms with Gasteiger partial charge in [-0.1, -0.05) is 0 Å². The number of benzene rings is 1. The molecule has 7 heteroatoms. The quantitative estimate of drug-likeness (QED) is 0.627. The minimum absolute atomic E-state index is 0.00169. The van der Waals surface area contributed by atoms with E-state index in [2.05, 4.69) is 4.74 Å². The molecule has 1 aromatic carbocycles. The minimum atomic E-state index is -1.77. The van der Waals surface area contributed by atoms with E-state index in [1.54, 1.807) is 0 Å². The van der Waals surface area contributed by atoms with Crippen LogP contribution in [-0.2, 0) is 4.79 Å². The normalized spacial score (nSPS) is 10.1. The number of carboxylic acids is 1. The Morgan fingerprint density at radius 2 is 1.67 bits per heavy atom. The van der Waals surface area contributed by atoms with Crippen LogP contribution in [0.1, 0.15) is 0 Å². The van der Waals surface area contributed by atoms with Crippen molar-refractivity contribution in [3.05, 3.63) is 29.3 Å². The van der Waals surface area contributed by atoms with Gasteiger partial charge in [-0.3, -0.25) is 0 Å². The molecule has 0 spiro atoms. The first kappa shape index (κ1) is 11.3. The average Bonchev–Trinajstić information content (AvgIpc) is 2.14. The highest BCUT2D eigenvalue weighted by atomic mass is 19.2. The molecule has 15 heavy (non-hydrogen) atoms. The minimum Gasteiger partial charge on any atom is -0.479 e. The number of hydrogen-bond donors (Lipinski definition) is 1. The Morgan fingerprint density at radius 3 is 2.07 bits per heavy atom. The first-order chi connectivity index (χ1) is 6.93. The highest BCUT2D eigenvalue weighted by Crippen LogP contribution is 2.26.